The number of carbonyl (C=O) groups excluding carboxylic acids is 3. The maximum atomic E-state index is 13.4. The molecule has 360 valence electrons. The van der Waals surface area contributed by atoms with Crippen molar-refractivity contribution >= 4 is 18.2 Å². The molecule has 62 heavy (non-hydrogen) atoms. The topological polar surface area (TPSA) is 204 Å². The Hall–Kier alpha value is -3.21. The molecule has 0 saturated carbocycles. The first kappa shape index (κ1) is 56.8. The Morgan fingerprint density at radius 3 is 1.35 bits per heavy atom. The van der Waals surface area contributed by atoms with Crippen LogP contribution >= 0.6 is 0 Å². The molecule has 0 spiro atoms. The van der Waals surface area contributed by atoms with Crippen molar-refractivity contribution in [3.63, 3.8) is 0 Å². The van der Waals surface area contributed by atoms with Crippen molar-refractivity contribution in [2.45, 2.75) is 45.3 Å². The molecule has 0 fully saturated rings. The third-order valence-corrected chi connectivity index (χ3v) is 8.97. The van der Waals surface area contributed by atoms with Crippen LogP contribution in [0.5, 0.6) is 0 Å². The lowest BCUT2D eigenvalue weighted by molar-refractivity contribution is -0.147. The van der Waals surface area contributed by atoms with E-state index in [9.17, 15) is 14.4 Å². The van der Waals surface area contributed by atoms with Crippen LogP contribution in [0.2, 0.25) is 0 Å². The summed E-state index contributed by atoms with van der Waals surface area (Å²) in [6.45, 7) is 7.14. The number of amides is 2. The van der Waals surface area contributed by atoms with Gasteiger partial charge in [-0.05, 0) is 31.2 Å². The minimum atomic E-state index is -1.05. The molecule has 1 atom stereocenters. The van der Waals surface area contributed by atoms with Crippen molar-refractivity contribution < 1.29 is 80.7 Å². The van der Waals surface area contributed by atoms with Gasteiger partial charge in [-0.15, -0.1) is 0 Å². The van der Waals surface area contributed by atoms with Crippen molar-refractivity contribution in [3.05, 3.63) is 35.9 Å². The number of methoxy groups -OCH3 is 5. The van der Waals surface area contributed by atoms with Crippen LogP contribution in [0, 0.1) is 10.8 Å². The standard InChI is InChI=1S/C43H76N2O17/c1-7-17-54-29-42(30-55-23-18-49-2,31-56-24-19-50-3)35-61-40(47)44-16-12-11-15-38(39(46)60-28-37-13-9-8-10-14-37)45-41(48)62-36-43(32-57-25-20-51-4,33-58-26-21-52-5)34-59-27-22-53-6/h8-10,13-14,38H,7,11-12,15-36H2,1-6H3,(H,44,47)(H,45,48). The lowest BCUT2D eigenvalue weighted by Gasteiger charge is -2.32. The second kappa shape index (κ2) is 38.3. The molecular weight excluding hydrogens is 816 g/mol. The van der Waals surface area contributed by atoms with Crippen LogP contribution in [0.3, 0.4) is 0 Å². The molecule has 1 aromatic carbocycles. The molecule has 19 heteroatoms. The maximum Gasteiger partial charge on any atom is 0.407 e. The molecule has 1 unspecified atom stereocenters. The molecule has 0 aliphatic heterocycles. The van der Waals surface area contributed by atoms with Gasteiger partial charge in [-0.1, -0.05) is 37.3 Å². The van der Waals surface area contributed by atoms with E-state index in [1.165, 1.54) is 0 Å². The Morgan fingerprint density at radius 1 is 0.516 bits per heavy atom. The zero-order valence-electron chi connectivity index (χ0n) is 38.1. The summed E-state index contributed by atoms with van der Waals surface area (Å²) in [5, 5.41) is 5.45. The minimum absolute atomic E-state index is 0.0136. The predicted octanol–water partition coefficient (Wildman–Crippen LogP) is 3.44. The summed E-state index contributed by atoms with van der Waals surface area (Å²) < 4.78 is 77.8. The Morgan fingerprint density at radius 2 is 0.935 bits per heavy atom. The van der Waals surface area contributed by atoms with Gasteiger partial charge in [0.15, 0.2) is 0 Å². The van der Waals surface area contributed by atoms with Crippen molar-refractivity contribution in [2.24, 2.45) is 10.8 Å². The predicted molar refractivity (Wildman–Crippen MR) is 227 cm³/mol. The van der Waals surface area contributed by atoms with E-state index in [0.29, 0.717) is 85.5 Å². The fourth-order valence-corrected chi connectivity index (χ4v) is 5.50. The van der Waals surface area contributed by atoms with Crippen LogP contribution in [-0.2, 0) is 77.7 Å². The van der Waals surface area contributed by atoms with Gasteiger partial charge in [0.05, 0.1) is 117 Å². The number of ether oxygens (including phenoxy) is 14. The first-order chi connectivity index (χ1) is 30.2. The van der Waals surface area contributed by atoms with Gasteiger partial charge < -0.3 is 76.9 Å². The summed E-state index contributed by atoms with van der Waals surface area (Å²) >= 11 is 0. The highest BCUT2D eigenvalue weighted by Gasteiger charge is 2.36. The molecule has 0 saturated heterocycles. The van der Waals surface area contributed by atoms with Crippen LogP contribution in [0.25, 0.3) is 0 Å². The molecule has 0 radical (unpaired) electrons. The van der Waals surface area contributed by atoms with Crippen LogP contribution in [0.1, 0.15) is 38.2 Å². The van der Waals surface area contributed by atoms with E-state index in [1.54, 1.807) is 35.5 Å². The molecule has 19 nitrogen and oxygen atoms in total. The van der Waals surface area contributed by atoms with Gasteiger partial charge in [-0.25, -0.2) is 14.4 Å². The van der Waals surface area contributed by atoms with Gasteiger partial charge in [-0.3, -0.25) is 0 Å². The number of unbranched alkanes of at least 4 members (excludes halogenated alkanes) is 1. The Bertz CT molecular complexity index is 1190. The van der Waals surface area contributed by atoms with Crippen molar-refractivity contribution in [1.29, 1.82) is 0 Å². The molecule has 2 N–H and O–H groups in total. The number of nitrogens with one attached hydrogen (secondary N) is 2. The lowest BCUT2D eigenvalue weighted by atomic mass is 9.92. The first-order valence-electron chi connectivity index (χ1n) is 21.2. The first-order valence-corrected chi connectivity index (χ1v) is 21.2. The molecule has 0 aliphatic rings. The van der Waals surface area contributed by atoms with Gasteiger partial charge in [-0.2, -0.15) is 0 Å². The highest BCUT2D eigenvalue weighted by molar-refractivity contribution is 5.81. The fourth-order valence-electron chi connectivity index (χ4n) is 5.50. The summed E-state index contributed by atoms with van der Waals surface area (Å²) in [7, 11) is 7.89. The van der Waals surface area contributed by atoms with E-state index in [1.807, 2.05) is 37.3 Å². The van der Waals surface area contributed by atoms with Gasteiger partial charge in [0.2, 0.25) is 0 Å². The molecule has 0 aliphatic carbocycles. The number of carbonyl (C=O) groups is 3. The molecular formula is C43H76N2O17. The summed E-state index contributed by atoms with van der Waals surface area (Å²) in [5.41, 5.74) is -0.896. The van der Waals surface area contributed by atoms with Crippen molar-refractivity contribution in [2.75, 3.05) is 168 Å². The second-order valence-corrected chi connectivity index (χ2v) is 14.6. The Labute approximate surface area is 368 Å². The number of alkyl carbamates (subject to hydrolysis) is 2. The molecule has 0 bridgehead atoms. The average Bonchev–Trinajstić information content (AvgIpc) is 3.28. The van der Waals surface area contributed by atoms with E-state index in [2.05, 4.69) is 10.6 Å². The summed E-state index contributed by atoms with van der Waals surface area (Å²) in [4.78, 5) is 39.7. The van der Waals surface area contributed by atoms with Crippen LogP contribution < -0.4 is 10.6 Å². The molecule has 0 heterocycles. The van der Waals surface area contributed by atoms with Crippen molar-refractivity contribution in [1.82, 2.24) is 10.6 Å². The highest BCUT2D eigenvalue weighted by Crippen LogP contribution is 2.23. The number of hydrogen-bond donors (Lipinski definition) is 2. The number of benzene rings is 1. The normalized spacial score (nSPS) is 12.2. The second-order valence-electron chi connectivity index (χ2n) is 14.6. The monoisotopic (exact) mass is 893 g/mol. The smallest absolute Gasteiger partial charge is 0.407 e. The zero-order valence-corrected chi connectivity index (χ0v) is 38.1. The molecule has 1 rings (SSSR count). The Balaban J connectivity index is 2.97. The summed E-state index contributed by atoms with van der Waals surface area (Å²) in [5.74, 6) is -0.639. The van der Waals surface area contributed by atoms with Gasteiger partial charge >= 0.3 is 18.2 Å². The molecule has 0 aromatic heterocycles. The van der Waals surface area contributed by atoms with E-state index < -0.39 is 35.0 Å². The van der Waals surface area contributed by atoms with Crippen LogP contribution in [0.4, 0.5) is 9.59 Å². The zero-order chi connectivity index (χ0) is 45.4. The quantitative estimate of drug-likeness (QED) is 0.0548. The van der Waals surface area contributed by atoms with E-state index in [-0.39, 0.29) is 72.4 Å². The highest BCUT2D eigenvalue weighted by atomic mass is 16.6. The van der Waals surface area contributed by atoms with Crippen LogP contribution in [-0.4, -0.2) is 192 Å². The third kappa shape index (κ3) is 28.5. The number of rotatable bonds is 42. The summed E-state index contributed by atoms with van der Waals surface area (Å²) in [6, 6.07) is 8.15. The lowest BCUT2D eigenvalue weighted by Crippen LogP contribution is -2.46. The van der Waals surface area contributed by atoms with Gasteiger partial charge in [0.1, 0.15) is 25.9 Å². The average molecular weight is 893 g/mol. The Kier molecular flexibility index (Phi) is 35.1. The van der Waals surface area contributed by atoms with Crippen LogP contribution in [0.15, 0.2) is 30.3 Å². The fraction of sp³-hybridized carbons (Fsp3) is 0.791. The van der Waals surface area contributed by atoms with E-state index in [4.69, 9.17) is 66.3 Å². The van der Waals surface area contributed by atoms with E-state index >= 15 is 0 Å². The molecule has 1 aromatic rings. The maximum absolute atomic E-state index is 13.4. The summed E-state index contributed by atoms with van der Waals surface area (Å²) in [6.07, 6.45) is 0.424. The van der Waals surface area contributed by atoms with Gasteiger partial charge in [0, 0.05) is 48.7 Å². The van der Waals surface area contributed by atoms with Crippen molar-refractivity contribution in [3.8, 4) is 0 Å². The number of esters is 1. The largest absolute Gasteiger partial charge is 0.459 e. The van der Waals surface area contributed by atoms with E-state index in [0.717, 1.165) is 12.0 Å². The minimum Gasteiger partial charge on any atom is -0.459 e. The number of hydrogen-bond acceptors (Lipinski definition) is 17. The molecule has 2 amide bonds. The SMILES string of the molecule is CCCOCC(COCCOC)(COCCOC)COC(=O)NCCCCC(NC(=O)OCC(COCCOC)(COCCOC)COCCOC)C(=O)OCc1ccccc1. The third-order valence-electron chi connectivity index (χ3n) is 8.97. The van der Waals surface area contributed by atoms with Gasteiger partial charge in [0.25, 0.3) is 0 Å².